The van der Waals surface area contributed by atoms with Crippen molar-refractivity contribution in [2.75, 3.05) is 13.1 Å². The Labute approximate surface area is 121 Å². The average Bonchev–Trinajstić information content (AvgIpc) is 3.21. The van der Waals surface area contributed by atoms with E-state index in [0.717, 1.165) is 22.9 Å². The molecule has 1 fully saturated rings. The lowest BCUT2D eigenvalue weighted by atomic mass is 10.1. The summed E-state index contributed by atoms with van der Waals surface area (Å²) in [5.41, 5.74) is 1.66. The standard InChI is InChI=1S/C14H17BrN2O2/c1-9-2-5-12(15)11(8-9)14(19)17-7-6-16-13(18)10-3-4-10/h2,5,8,10H,3-4,6-7H2,1H3,(H,16,18)(H,17,19). The molecule has 0 aromatic heterocycles. The van der Waals surface area contributed by atoms with Gasteiger partial charge in [-0.2, -0.15) is 0 Å². The first-order valence-corrected chi connectivity index (χ1v) is 7.19. The van der Waals surface area contributed by atoms with Crippen LogP contribution in [0.3, 0.4) is 0 Å². The zero-order valence-corrected chi connectivity index (χ0v) is 12.4. The molecule has 1 aliphatic rings. The maximum atomic E-state index is 12.0. The van der Waals surface area contributed by atoms with Crippen LogP contribution in [-0.4, -0.2) is 24.9 Å². The summed E-state index contributed by atoms with van der Waals surface area (Å²) in [6.45, 7) is 2.86. The van der Waals surface area contributed by atoms with Crippen molar-refractivity contribution < 1.29 is 9.59 Å². The van der Waals surface area contributed by atoms with Gasteiger partial charge < -0.3 is 10.6 Å². The van der Waals surface area contributed by atoms with Crippen LogP contribution in [0.4, 0.5) is 0 Å². The molecule has 0 aliphatic heterocycles. The van der Waals surface area contributed by atoms with Crippen LogP contribution < -0.4 is 10.6 Å². The summed E-state index contributed by atoms with van der Waals surface area (Å²) < 4.78 is 0.776. The molecule has 1 saturated carbocycles. The van der Waals surface area contributed by atoms with Crippen LogP contribution in [0.1, 0.15) is 28.8 Å². The number of aryl methyl sites for hydroxylation is 1. The fraction of sp³-hybridized carbons (Fsp3) is 0.429. The minimum Gasteiger partial charge on any atom is -0.354 e. The lowest BCUT2D eigenvalue weighted by Gasteiger charge is -2.08. The van der Waals surface area contributed by atoms with E-state index < -0.39 is 0 Å². The smallest absolute Gasteiger partial charge is 0.252 e. The summed E-state index contributed by atoms with van der Waals surface area (Å²) in [7, 11) is 0. The summed E-state index contributed by atoms with van der Waals surface area (Å²) in [5, 5.41) is 5.61. The number of amides is 2. The number of rotatable bonds is 5. The van der Waals surface area contributed by atoms with Crippen molar-refractivity contribution in [2.45, 2.75) is 19.8 Å². The van der Waals surface area contributed by atoms with Crippen LogP contribution in [0.25, 0.3) is 0 Å². The average molecular weight is 325 g/mol. The van der Waals surface area contributed by atoms with Gasteiger partial charge in [0.1, 0.15) is 0 Å². The third-order valence-electron chi connectivity index (χ3n) is 3.02. The summed E-state index contributed by atoms with van der Waals surface area (Å²) >= 11 is 3.36. The quantitative estimate of drug-likeness (QED) is 0.814. The van der Waals surface area contributed by atoms with E-state index in [4.69, 9.17) is 0 Å². The van der Waals surface area contributed by atoms with E-state index in [1.807, 2.05) is 25.1 Å². The summed E-state index contributed by atoms with van der Waals surface area (Å²) in [6.07, 6.45) is 1.99. The molecule has 0 radical (unpaired) electrons. The van der Waals surface area contributed by atoms with Gasteiger partial charge in [-0.15, -0.1) is 0 Å². The molecule has 19 heavy (non-hydrogen) atoms. The number of nitrogens with one attached hydrogen (secondary N) is 2. The van der Waals surface area contributed by atoms with E-state index in [2.05, 4.69) is 26.6 Å². The molecule has 2 N–H and O–H groups in total. The van der Waals surface area contributed by atoms with Gasteiger partial charge in [0, 0.05) is 23.5 Å². The Morgan fingerprint density at radius 1 is 1.26 bits per heavy atom. The predicted molar refractivity (Wildman–Crippen MR) is 76.9 cm³/mol. The second-order valence-electron chi connectivity index (χ2n) is 4.80. The number of halogens is 1. The molecular weight excluding hydrogens is 308 g/mol. The minimum absolute atomic E-state index is 0.103. The number of benzene rings is 1. The normalized spacial score (nSPS) is 14.0. The first-order valence-electron chi connectivity index (χ1n) is 6.40. The minimum atomic E-state index is -0.128. The van der Waals surface area contributed by atoms with E-state index in [1.54, 1.807) is 0 Å². The van der Waals surface area contributed by atoms with Crippen LogP contribution in [0.2, 0.25) is 0 Å². The van der Waals surface area contributed by atoms with Crippen molar-refractivity contribution in [2.24, 2.45) is 5.92 Å². The van der Waals surface area contributed by atoms with Crippen molar-refractivity contribution in [1.82, 2.24) is 10.6 Å². The van der Waals surface area contributed by atoms with Crippen LogP contribution in [0, 0.1) is 12.8 Å². The molecule has 4 nitrogen and oxygen atoms in total. The highest BCUT2D eigenvalue weighted by Gasteiger charge is 2.28. The summed E-state index contributed by atoms with van der Waals surface area (Å²) in [4.78, 5) is 23.3. The second-order valence-corrected chi connectivity index (χ2v) is 5.66. The number of hydrogen-bond acceptors (Lipinski definition) is 2. The molecule has 2 amide bonds. The van der Waals surface area contributed by atoms with Crippen molar-refractivity contribution in [3.8, 4) is 0 Å². The Morgan fingerprint density at radius 3 is 2.63 bits per heavy atom. The van der Waals surface area contributed by atoms with E-state index in [9.17, 15) is 9.59 Å². The van der Waals surface area contributed by atoms with E-state index in [0.29, 0.717) is 18.7 Å². The monoisotopic (exact) mass is 324 g/mol. The largest absolute Gasteiger partial charge is 0.354 e. The zero-order valence-electron chi connectivity index (χ0n) is 10.8. The van der Waals surface area contributed by atoms with Gasteiger partial charge in [0.25, 0.3) is 5.91 Å². The first kappa shape index (κ1) is 14.1. The van der Waals surface area contributed by atoms with E-state index >= 15 is 0 Å². The SMILES string of the molecule is Cc1ccc(Br)c(C(=O)NCCNC(=O)C2CC2)c1. The van der Waals surface area contributed by atoms with Gasteiger partial charge in [0.2, 0.25) is 5.91 Å². The van der Waals surface area contributed by atoms with Crippen molar-refractivity contribution in [1.29, 1.82) is 0 Å². The fourth-order valence-electron chi connectivity index (χ4n) is 1.76. The highest BCUT2D eigenvalue weighted by molar-refractivity contribution is 9.10. The molecule has 0 spiro atoms. The zero-order chi connectivity index (χ0) is 13.8. The van der Waals surface area contributed by atoms with Gasteiger partial charge in [-0.1, -0.05) is 11.6 Å². The Hall–Kier alpha value is -1.36. The first-order chi connectivity index (χ1) is 9.08. The van der Waals surface area contributed by atoms with Crippen LogP contribution >= 0.6 is 15.9 Å². The molecule has 2 rings (SSSR count). The lowest BCUT2D eigenvalue weighted by molar-refractivity contribution is -0.122. The van der Waals surface area contributed by atoms with Gasteiger partial charge in [0.05, 0.1) is 5.56 Å². The highest BCUT2D eigenvalue weighted by Crippen LogP contribution is 2.28. The van der Waals surface area contributed by atoms with Crippen LogP contribution in [-0.2, 0) is 4.79 Å². The molecule has 1 aromatic rings. The molecule has 102 valence electrons. The molecule has 0 bridgehead atoms. The maximum Gasteiger partial charge on any atom is 0.252 e. The van der Waals surface area contributed by atoms with Gasteiger partial charge in [-0.05, 0) is 47.8 Å². The third-order valence-corrected chi connectivity index (χ3v) is 3.72. The Balaban J connectivity index is 1.77. The van der Waals surface area contributed by atoms with Gasteiger partial charge in [0.15, 0.2) is 0 Å². The third kappa shape index (κ3) is 4.06. The molecule has 0 saturated heterocycles. The van der Waals surface area contributed by atoms with Gasteiger partial charge >= 0.3 is 0 Å². The Bertz CT molecular complexity index is 498. The lowest BCUT2D eigenvalue weighted by Crippen LogP contribution is -2.35. The van der Waals surface area contributed by atoms with Crippen LogP contribution in [0.15, 0.2) is 22.7 Å². The Morgan fingerprint density at radius 2 is 1.95 bits per heavy atom. The molecule has 5 heteroatoms. The second kappa shape index (κ2) is 6.19. The molecule has 0 atom stereocenters. The molecule has 1 aromatic carbocycles. The molecule has 0 heterocycles. The molecule has 1 aliphatic carbocycles. The van der Waals surface area contributed by atoms with Crippen molar-refractivity contribution in [3.05, 3.63) is 33.8 Å². The van der Waals surface area contributed by atoms with Crippen molar-refractivity contribution in [3.63, 3.8) is 0 Å². The van der Waals surface area contributed by atoms with Crippen LogP contribution in [0.5, 0.6) is 0 Å². The van der Waals surface area contributed by atoms with Gasteiger partial charge in [-0.3, -0.25) is 9.59 Å². The highest BCUT2D eigenvalue weighted by atomic mass is 79.9. The Kier molecular flexibility index (Phi) is 4.58. The summed E-state index contributed by atoms with van der Waals surface area (Å²) in [6, 6.07) is 5.64. The number of carbonyl (C=O) groups is 2. The maximum absolute atomic E-state index is 12.0. The fourth-order valence-corrected chi connectivity index (χ4v) is 2.19. The summed E-state index contributed by atoms with van der Waals surface area (Å²) in [5.74, 6) is 0.184. The van der Waals surface area contributed by atoms with Gasteiger partial charge in [-0.25, -0.2) is 0 Å². The number of carbonyl (C=O) groups excluding carboxylic acids is 2. The molecular formula is C14H17BrN2O2. The predicted octanol–water partition coefficient (Wildman–Crippen LogP) is 2.01. The van der Waals surface area contributed by atoms with E-state index in [1.165, 1.54) is 0 Å². The van der Waals surface area contributed by atoms with Crippen molar-refractivity contribution >= 4 is 27.7 Å². The molecule has 0 unspecified atom stereocenters. The van der Waals surface area contributed by atoms with E-state index in [-0.39, 0.29) is 17.7 Å². The number of hydrogen-bond donors (Lipinski definition) is 2. The topological polar surface area (TPSA) is 58.2 Å².